The van der Waals surface area contributed by atoms with Gasteiger partial charge in [-0.15, -0.1) is 11.3 Å². The third-order valence-electron chi connectivity index (χ3n) is 7.32. The number of likely N-dealkylation sites (tertiary alicyclic amines) is 1. The molecule has 4 heteroatoms. The van der Waals surface area contributed by atoms with E-state index in [0.29, 0.717) is 0 Å². The van der Waals surface area contributed by atoms with Crippen LogP contribution in [-0.4, -0.2) is 41.5 Å². The molecule has 0 saturated carbocycles. The van der Waals surface area contributed by atoms with E-state index < -0.39 is 0 Å². The number of aromatic nitrogens is 1. The van der Waals surface area contributed by atoms with Gasteiger partial charge in [-0.1, -0.05) is 32.1 Å². The van der Waals surface area contributed by atoms with Crippen molar-refractivity contribution >= 4 is 17.4 Å². The van der Waals surface area contributed by atoms with E-state index in [2.05, 4.69) is 91.6 Å². The van der Waals surface area contributed by atoms with Crippen LogP contribution >= 0.6 is 11.3 Å². The molecule has 2 aliphatic heterocycles. The molecule has 4 heterocycles. The smallest absolute Gasteiger partial charge is 0.0547 e. The summed E-state index contributed by atoms with van der Waals surface area (Å²) in [6, 6.07) is 15.4. The third kappa shape index (κ3) is 6.91. The molecule has 0 N–H and O–H groups in total. The Bertz CT molecular complexity index is 1130. The lowest BCUT2D eigenvalue weighted by molar-refractivity contribution is 0.206. The molecule has 3 nitrogen and oxygen atoms in total. The van der Waals surface area contributed by atoms with E-state index in [1.54, 1.807) is 0 Å². The molecule has 2 aromatic heterocycles. The lowest BCUT2D eigenvalue weighted by Gasteiger charge is -2.30. The minimum absolute atomic E-state index is 0.910. The summed E-state index contributed by atoms with van der Waals surface area (Å²) < 4.78 is 0. The van der Waals surface area contributed by atoms with E-state index in [1.165, 1.54) is 64.4 Å². The van der Waals surface area contributed by atoms with Crippen LogP contribution in [0, 0.1) is 19.8 Å². The Hall–Kier alpha value is -2.27. The Morgan fingerprint density at radius 3 is 2.66 bits per heavy atom. The first-order valence-electron chi connectivity index (χ1n) is 13.1. The number of hydrogen-bond donors (Lipinski definition) is 0. The molecule has 1 unspecified atom stereocenters. The van der Waals surface area contributed by atoms with Crippen LogP contribution < -0.4 is 0 Å². The van der Waals surface area contributed by atoms with E-state index in [4.69, 9.17) is 0 Å². The number of piperidine rings is 1. The molecule has 1 fully saturated rings. The normalized spacial score (nSPS) is 18.5. The first-order chi connectivity index (χ1) is 16.9. The monoisotopic (exact) mass is 487 g/mol. The fourth-order valence-corrected chi connectivity index (χ4v) is 6.22. The number of benzene rings is 1. The predicted octanol–water partition coefficient (Wildman–Crippen LogP) is 7.37. The van der Waals surface area contributed by atoms with Gasteiger partial charge in [-0.2, -0.15) is 0 Å². The van der Waals surface area contributed by atoms with Gasteiger partial charge in [-0.3, -0.25) is 9.88 Å². The predicted molar refractivity (Wildman–Crippen MR) is 152 cm³/mol. The number of aryl methyl sites for hydroxylation is 2. The summed E-state index contributed by atoms with van der Waals surface area (Å²) in [6.07, 6.45) is 7.33. The van der Waals surface area contributed by atoms with Crippen molar-refractivity contribution in [1.29, 1.82) is 0 Å². The maximum atomic E-state index is 4.67. The summed E-state index contributed by atoms with van der Waals surface area (Å²) in [5.41, 5.74) is 7.74. The molecular weight excluding hydrogens is 446 g/mol. The van der Waals surface area contributed by atoms with Crippen LogP contribution in [0.5, 0.6) is 0 Å². The number of fused-ring (bicyclic) bond motifs is 1. The van der Waals surface area contributed by atoms with Crippen LogP contribution in [0.4, 0.5) is 0 Å². The van der Waals surface area contributed by atoms with Crippen LogP contribution in [0.1, 0.15) is 59.1 Å². The van der Waals surface area contributed by atoms with Crippen molar-refractivity contribution in [2.45, 2.75) is 59.5 Å². The van der Waals surface area contributed by atoms with E-state index in [-0.39, 0.29) is 0 Å². The van der Waals surface area contributed by atoms with Crippen molar-refractivity contribution in [2.24, 2.45) is 5.92 Å². The number of nitrogens with zero attached hydrogens (tertiary/aromatic N) is 3. The van der Waals surface area contributed by atoms with Crippen molar-refractivity contribution < 1.29 is 0 Å². The third-order valence-corrected chi connectivity index (χ3v) is 8.37. The molecule has 1 aromatic carbocycles. The Morgan fingerprint density at radius 2 is 2.00 bits per heavy atom. The average molecular weight is 488 g/mol. The van der Waals surface area contributed by atoms with E-state index in [0.717, 1.165) is 43.4 Å². The zero-order valence-electron chi connectivity index (χ0n) is 22.0. The number of hydrogen-bond acceptors (Lipinski definition) is 4. The fraction of sp³-hybridized carbons (Fsp3) is 0.452. The van der Waals surface area contributed by atoms with Gasteiger partial charge in [-0.05, 0) is 111 Å². The van der Waals surface area contributed by atoms with Gasteiger partial charge in [0.15, 0.2) is 0 Å². The second-order valence-corrected chi connectivity index (χ2v) is 11.5. The summed E-state index contributed by atoms with van der Waals surface area (Å²) in [6.45, 7) is 16.2. The Labute approximate surface area is 216 Å². The molecule has 1 saturated heterocycles. The molecular formula is C31H41N3S. The highest BCUT2D eigenvalue weighted by atomic mass is 32.1. The highest BCUT2D eigenvalue weighted by Gasteiger charge is 2.20. The Morgan fingerprint density at radius 1 is 1.14 bits per heavy atom. The molecule has 35 heavy (non-hydrogen) atoms. The largest absolute Gasteiger partial charge is 0.306 e. The highest BCUT2D eigenvalue weighted by molar-refractivity contribution is 7.15. The van der Waals surface area contributed by atoms with Crippen molar-refractivity contribution in [3.8, 4) is 10.4 Å². The molecule has 0 radical (unpaired) electrons. The zero-order chi connectivity index (χ0) is 24.8. The first kappa shape index (κ1) is 25.8. The average Bonchev–Trinajstić information content (AvgIpc) is 3.30. The number of thiophene rings is 1. The molecule has 186 valence electrons. The lowest BCUT2D eigenvalue weighted by atomic mass is 9.91. The maximum Gasteiger partial charge on any atom is 0.0547 e. The molecule has 0 spiro atoms. The van der Waals surface area contributed by atoms with Crippen molar-refractivity contribution in [2.75, 3.05) is 26.7 Å². The lowest BCUT2D eigenvalue weighted by Crippen LogP contribution is -2.31. The van der Waals surface area contributed by atoms with Crippen molar-refractivity contribution in [3.05, 3.63) is 82.0 Å². The van der Waals surface area contributed by atoms with Crippen LogP contribution in [0.25, 0.3) is 16.5 Å². The highest BCUT2D eigenvalue weighted by Crippen LogP contribution is 2.34. The van der Waals surface area contributed by atoms with Gasteiger partial charge >= 0.3 is 0 Å². The van der Waals surface area contributed by atoms with E-state index in [9.17, 15) is 0 Å². The van der Waals surface area contributed by atoms with Gasteiger partial charge in [0, 0.05) is 41.6 Å². The van der Waals surface area contributed by atoms with Gasteiger partial charge < -0.3 is 4.90 Å². The van der Waals surface area contributed by atoms with Gasteiger partial charge in [0.25, 0.3) is 0 Å². The van der Waals surface area contributed by atoms with Crippen LogP contribution in [-0.2, 0) is 19.5 Å². The van der Waals surface area contributed by atoms with Crippen LogP contribution in [0.2, 0.25) is 0 Å². The van der Waals surface area contributed by atoms with Gasteiger partial charge in [0.2, 0.25) is 0 Å². The summed E-state index contributed by atoms with van der Waals surface area (Å²) in [4.78, 5) is 12.3. The summed E-state index contributed by atoms with van der Waals surface area (Å²) >= 11 is 1.86. The molecule has 5 rings (SSSR count). The molecule has 2 aliphatic rings. The Balaban J connectivity index is 0.000000271. The molecule has 1 atom stereocenters. The minimum atomic E-state index is 0.910. The second-order valence-electron chi connectivity index (χ2n) is 10.2. The first-order valence-corrected chi connectivity index (χ1v) is 13.9. The maximum absolute atomic E-state index is 4.67. The molecule has 0 aliphatic carbocycles. The Kier molecular flexibility index (Phi) is 8.94. The second kappa shape index (κ2) is 12.1. The van der Waals surface area contributed by atoms with Gasteiger partial charge in [-0.25, -0.2) is 0 Å². The fourth-order valence-electron chi connectivity index (χ4n) is 5.36. The quantitative estimate of drug-likeness (QED) is 0.375. The van der Waals surface area contributed by atoms with Gasteiger partial charge in [0.05, 0.1) is 5.69 Å². The van der Waals surface area contributed by atoms with E-state index in [1.807, 2.05) is 17.4 Å². The molecule has 3 aromatic rings. The zero-order valence-corrected chi connectivity index (χ0v) is 22.8. The van der Waals surface area contributed by atoms with E-state index >= 15 is 0 Å². The van der Waals surface area contributed by atoms with Crippen LogP contribution in [0.15, 0.2) is 49.0 Å². The standard InChI is InChI=1S/C23H24N2S.C8H17N/c1-4-18-12-19(23-9-8-17(3)26-23)13-20-14-25(11-10-22(18)20)15-21-7-5-6-16(2)24-21;1-3-8-5-4-6-9(2)7-8/h4-9,12-13H,1,10-11,14-15H2,2-3H3;8H,3-7H2,1-2H3. The minimum Gasteiger partial charge on any atom is -0.306 e. The SMILES string of the molecule is C=Cc1cc(-c2ccc(C)s2)cc2c1CCN(Cc1cccc(C)n1)C2.CCC1CCCN(C)C1. The summed E-state index contributed by atoms with van der Waals surface area (Å²) in [7, 11) is 2.22. The summed E-state index contributed by atoms with van der Waals surface area (Å²) in [5.74, 6) is 0.990. The molecule has 0 amide bonds. The topological polar surface area (TPSA) is 19.4 Å². The number of pyridine rings is 1. The molecule has 0 bridgehead atoms. The number of rotatable bonds is 5. The van der Waals surface area contributed by atoms with Crippen molar-refractivity contribution in [3.63, 3.8) is 0 Å². The summed E-state index contributed by atoms with van der Waals surface area (Å²) in [5, 5.41) is 0. The van der Waals surface area contributed by atoms with Crippen LogP contribution in [0.3, 0.4) is 0 Å². The van der Waals surface area contributed by atoms with Gasteiger partial charge in [0.1, 0.15) is 0 Å². The van der Waals surface area contributed by atoms with Crippen molar-refractivity contribution in [1.82, 2.24) is 14.8 Å².